The molecule has 0 saturated carbocycles. The molecule has 6 nitrogen and oxygen atoms in total. The van der Waals surface area contributed by atoms with E-state index in [1.165, 1.54) is 11.9 Å². The second kappa shape index (κ2) is 5.73. The van der Waals surface area contributed by atoms with E-state index in [9.17, 15) is 9.59 Å². The Labute approximate surface area is 123 Å². The normalized spacial score (nSPS) is 22.8. The maximum absolute atomic E-state index is 11.9. The van der Waals surface area contributed by atoms with Crippen molar-refractivity contribution in [2.24, 2.45) is 0 Å². The third kappa shape index (κ3) is 2.85. The molecule has 112 valence electrons. The number of nitrogens with one attached hydrogen (secondary N) is 1. The number of hydrogen-bond donors (Lipinski definition) is 1. The summed E-state index contributed by atoms with van der Waals surface area (Å²) in [5, 5.41) is 3.13. The summed E-state index contributed by atoms with van der Waals surface area (Å²) in [6, 6.07) is 7.50. The van der Waals surface area contributed by atoms with Gasteiger partial charge < -0.3 is 15.0 Å². The molecule has 0 radical (unpaired) electrons. The number of ether oxygens (including phenoxy) is 1. The highest BCUT2D eigenvalue weighted by Gasteiger charge is 2.35. The van der Waals surface area contributed by atoms with Gasteiger partial charge in [0.15, 0.2) is 0 Å². The minimum atomic E-state index is -0.447. The van der Waals surface area contributed by atoms with E-state index in [4.69, 9.17) is 4.74 Å². The van der Waals surface area contributed by atoms with Crippen LogP contribution < -0.4 is 10.2 Å². The van der Waals surface area contributed by atoms with E-state index in [0.29, 0.717) is 0 Å². The van der Waals surface area contributed by atoms with Crippen molar-refractivity contribution < 1.29 is 14.3 Å². The van der Waals surface area contributed by atoms with E-state index < -0.39 is 6.04 Å². The molecule has 6 heteroatoms. The molecule has 0 bridgehead atoms. The Balaban J connectivity index is 1.64. The van der Waals surface area contributed by atoms with Crippen LogP contribution in [0.5, 0.6) is 0 Å². The van der Waals surface area contributed by atoms with Gasteiger partial charge in [0.1, 0.15) is 6.04 Å². The van der Waals surface area contributed by atoms with Crippen LogP contribution >= 0.6 is 0 Å². The van der Waals surface area contributed by atoms with E-state index in [1.54, 1.807) is 0 Å². The van der Waals surface area contributed by atoms with Crippen molar-refractivity contribution in [2.45, 2.75) is 12.5 Å². The Morgan fingerprint density at radius 1 is 1.14 bits per heavy atom. The van der Waals surface area contributed by atoms with E-state index in [-0.39, 0.29) is 18.2 Å². The predicted molar refractivity (Wildman–Crippen MR) is 79.3 cm³/mol. The summed E-state index contributed by atoms with van der Waals surface area (Å²) in [4.78, 5) is 26.8. The van der Waals surface area contributed by atoms with Crippen molar-refractivity contribution >= 4 is 23.2 Å². The van der Waals surface area contributed by atoms with Gasteiger partial charge >= 0.3 is 0 Å². The van der Waals surface area contributed by atoms with Gasteiger partial charge in [0.05, 0.1) is 19.6 Å². The standard InChI is InChI=1S/C15H19N3O3/c1-17-14(19)10-13(15(17)20)16-11-2-4-12(5-3-11)18-6-8-21-9-7-18/h2-5,13,16H,6-10H2,1H3/t13-/m0/s1. The monoisotopic (exact) mass is 289 g/mol. The van der Waals surface area contributed by atoms with Crippen LogP contribution in [0.4, 0.5) is 11.4 Å². The quantitative estimate of drug-likeness (QED) is 0.830. The lowest BCUT2D eigenvalue weighted by atomic mass is 10.2. The van der Waals surface area contributed by atoms with Crippen molar-refractivity contribution in [1.82, 2.24) is 4.90 Å². The fraction of sp³-hybridized carbons (Fsp3) is 0.467. The highest BCUT2D eigenvalue weighted by molar-refractivity contribution is 6.06. The van der Waals surface area contributed by atoms with Crippen LogP contribution in [-0.2, 0) is 14.3 Å². The van der Waals surface area contributed by atoms with Crippen LogP contribution in [-0.4, -0.2) is 56.1 Å². The number of carbonyl (C=O) groups excluding carboxylic acids is 2. The van der Waals surface area contributed by atoms with Crippen molar-refractivity contribution in [1.29, 1.82) is 0 Å². The molecule has 2 fully saturated rings. The zero-order valence-corrected chi connectivity index (χ0v) is 12.0. The number of hydrogen-bond acceptors (Lipinski definition) is 5. The minimum Gasteiger partial charge on any atom is -0.378 e. The number of carbonyl (C=O) groups is 2. The summed E-state index contributed by atoms with van der Waals surface area (Å²) < 4.78 is 5.34. The zero-order valence-electron chi connectivity index (χ0n) is 12.0. The lowest BCUT2D eigenvalue weighted by Gasteiger charge is -2.29. The first-order valence-corrected chi connectivity index (χ1v) is 7.15. The first-order chi connectivity index (χ1) is 10.1. The van der Waals surface area contributed by atoms with Gasteiger partial charge in [-0.1, -0.05) is 0 Å². The molecule has 1 aromatic carbocycles. The average Bonchev–Trinajstić information content (AvgIpc) is 2.76. The van der Waals surface area contributed by atoms with Gasteiger partial charge in [0, 0.05) is 31.5 Å². The number of imide groups is 1. The van der Waals surface area contributed by atoms with Crippen molar-refractivity contribution in [3.63, 3.8) is 0 Å². The molecule has 0 unspecified atom stereocenters. The second-order valence-corrected chi connectivity index (χ2v) is 5.34. The number of morpholine rings is 1. The van der Waals surface area contributed by atoms with E-state index in [0.717, 1.165) is 37.7 Å². The predicted octanol–water partition coefficient (Wildman–Crippen LogP) is 0.692. The lowest BCUT2D eigenvalue weighted by Crippen LogP contribution is -2.36. The van der Waals surface area contributed by atoms with Crippen LogP contribution in [0.25, 0.3) is 0 Å². The van der Waals surface area contributed by atoms with E-state index >= 15 is 0 Å². The summed E-state index contributed by atoms with van der Waals surface area (Å²) in [5.41, 5.74) is 2.00. The van der Waals surface area contributed by atoms with Gasteiger partial charge in [-0.05, 0) is 24.3 Å². The van der Waals surface area contributed by atoms with Crippen LogP contribution in [0.1, 0.15) is 6.42 Å². The molecule has 0 aliphatic carbocycles. The molecule has 3 rings (SSSR count). The van der Waals surface area contributed by atoms with Crippen LogP contribution in [0.15, 0.2) is 24.3 Å². The topological polar surface area (TPSA) is 61.9 Å². The van der Waals surface area contributed by atoms with E-state index in [2.05, 4.69) is 10.2 Å². The Morgan fingerprint density at radius 3 is 2.38 bits per heavy atom. The largest absolute Gasteiger partial charge is 0.378 e. The Morgan fingerprint density at radius 2 is 1.81 bits per heavy atom. The number of rotatable bonds is 3. The molecule has 21 heavy (non-hydrogen) atoms. The van der Waals surface area contributed by atoms with E-state index in [1.807, 2.05) is 24.3 Å². The molecule has 0 aromatic heterocycles. The second-order valence-electron chi connectivity index (χ2n) is 5.34. The summed E-state index contributed by atoms with van der Waals surface area (Å²) >= 11 is 0. The molecule has 2 saturated heterocycles. The van der Waals surface area contributed by atoms with Gasteiger partial charge in [-0.2, -0.15) is 0 Å². The third-order valence-corrected chi connectivity index (χ3v) is 3.97. The van der Waals surface area contributed by atoms with Crippen molar-refractivity contribution in [3.8, 4) is 0 Å². The molecule has 1 atom stereocenters. The maximum atomic E-state index is 11.9. The number of likely N-dealkylation sites (tertiary alicyclic amines) is 1. The number of anilines is 2. The van der Waals surface area contributed by atoms with Gasteiger partial charge in [-0.25, -0.2) is 0 Å². The lowest BCUT2D eigenvalue weighted by molar-refractivity contribution is -0.136. The SMILES string of the molecule is CN1C(=O)C[C@H](Nc2ccc(N3CCOCC3)cc2)C1=O. The van der Waals surface area contributed by atoms with Crippen molar-refractivity contribution in [2.75, 3.05) is 43.6 Å². The Bertz CT molecular complexity index is 538. The Hall–Kier alpha value is -2.08. The molecule has 2 aliphatic heterocycles. The molecular weight excluding hydrogens is 270 g/mol. The van der Waals surface area contributed by atoms with Crippen LogP contribution in [0, 0.1) is 0 Å². The maximum Gasteiger partial charge on any atom is 0.251 e. The highest BCUT2D eigenvalue weighted by Crippen LogP contribution is 2.21. The average molecular weight is 289 g/mol. The van der Waals surface area contributed by atoms with Crippen LogP contribution in [0.2, 0.25) is 0 Å². The van der Waals surface area contributed by atoms with Crippen molar-refractivity contribution in [3.05, 3.63) is 24.3 Å². The molecule has 2 heterocycles. The first-order valence-electron chi connectivity index (χ1n) is 7.15. The molecule has 2 amide bonds. The third-order valence-electron chi connectivity index (χ3n) is 3.97. The van der Waals surface area contributed by atoms with Gasteiger partial charge in [-0.3, -0.25) is 14.5 Å². The highest BCUT2D eigenvalue weighted by atomic mass is 16.5. The fourth-order valence-corrected chi connectivity index (χ4v) is 2.66. The summed E-state index contributed by atoms with van der Waals surface area (Å²) in [6.45, 7) is 3.30. The summed E-state index contributed by atoms with van der Waals surface area (Å²) in [5.74, 6) is -0.306. The number of likely N-dealkylation sites (N-methyl/N-ethyl adjacent to an activating group) is 1. The van der Waals surface area contributed by atoms with Crippen LogP contribution in [0.3, 0.4) is 0 Å². The summed E-state index contributed by atoms with van der Waals surface area (Å²) in [7, 11) is 1.52. The number of nitrogens with zero attached hydrogens (tertiary/aromatic N) is 2. The minimum absolute atomic E-state index is 0.137. The molecule has 1 N–H and O–H groups in total. The van der Waals surface area contributed by atoms with Gasteiger partial charge in [0.2, 0.25) is 5.91 Å². The number of amides is 2. The molecular formula is C15H19N3O3. The van der Waals surface area contributed by atoms with Gasteiger partial charge in [0.25, 0.3) is 5.91 Å². The molecule has 2 aliphatic rings. The smallest absolute Gasteiger partial charge is 0.251 e. The Kier molecular flexibility index (Phi) is 3.79. The molecule has 1 aromatic rings. The fourth-order valence-electron chi connectivity index (χ4n) is 2.66. The first kappa shape index (κ1) is 13.9. The van der Waals surface area contributed by atoms with Gasteiger partial charge in [-0.15, -0.1) is 0 Å². The molecule has 0 spiro atoms. The number of benzene rings is 1. The zero-order chi connectivity index (χ0) is 14.8. The summed E-state index contributed by atoms with van der Waals surface area (Å²) in [6.07, 6.45) is 0.223.